The number of nitrogens with one attached hydrogen (secondary N) is 1. The first kappa shape index (κ1) is 21.2. The second-order valence-electron chi connectivity index (χ2n) is 7.43. The highest BCUT2D eigenvalue weighted by Gasteiger charge is 2.27. The lowest BCUT2D eigenvalue weighted by molar-refractivity contribution is -0.125. The van der Waals surface area contributed by atoms with Gasteiger partial charge in [-0.3, -0.25) is 4.79 Å². The molecule has 6 nitrogen and oxygen atoms in total. The first-order valence-electron chi connectivity index (χ1n) is 10.4. The third-order valence-corrected chi connectivity index (χ3v) is 6.36. The molecular formula is C24H26N4O2S. The lowest BCUT2D eigenvalue weighted by Crippen LogP contribution is -2.41. The van der Waals surface area contributed by atoms with Gasteiger partial charge in [-0.1, -0.05) is 42.1 Å². The van der Waals surface area contributed by atoms with Crippen molar-refractivity contribution in [3.63, 3.8) is 0 Å². The average molecular weight is 435 g/mol. The van der Waals surface area contributed by atoms with E-state index < -0.39 is 0 Å². The van der Waals surface area contributed by atoms with Gasteiger partial charge in [0.15, 0.2) is 5.82 Å². The van der Waals surface area contributed by atoms with Crippen LogP contribution in [-0.4, -0.2) is 36.1 Å². The molecule has 2 heterocycles. The molecule has 1 aliphatic rings. The van der Waals surface area contributed by atoms with Crippen molar-refractivity contribution in [2.45, 2.75) is 29.3 Å². The minimum atomic E-state index is 0.0174. The van der Waals surface area contributed by atoms with E-state index in [0.29, 0.717) is 6.54 Å². The zero-order valence-corrected chi connectivity index (χ0v) is 18.3. The summed E-state index contributed by atoms with van der Waals surface area (Å²) in [7, 11) is 1.65. The molecule has 0 bridgehead atoms. The molecule has 1 aliphatic heterocycles. The molecular weight excluding hydrogens is 408 g/mol. The summed E-state index contributed by atoms with van der Waals surface area (Å²) in [6, 6.07) is 18.0. The minimum absolute atomic E-state index is 0.0174. The summed E-state index contributed by atoms with van der Waals surface area (Å²) in [5.74, 6) is 1.82. The van der Waals surface area contributed by atoms with Crippen molar-refractivity contribution in [3.8, 4) is 5.75 Å². The van der Waals surface area contributed by atoms with Gasteiger partial charge in [0.2, 0.25) is 5.91 Å². The number of aromatic nitrogens is 2. The molecule has 3 aromatic rings. The smallest absolute Gasteiger partial charge is 0.223 e. The Morgan fingerprint density at radius 3 is 2.65 bits per heavy atom. The highest BCUT2D eigenvalue weighted by atomic mass is 32.2. The fourth-order valence-electron chi connectivity index (χ4n) is 3.68. The number of carbonyl (C=O) groups is 1. The maximum atomic E-state index is 12.7. The highest BCUT2D eigenvalue weighted by Crippen LogP contribution is 2.33. The van der Waals surface area contributed by atoms with Gasteiger partial charge in [-0.15, -0.1) is 0 Å². The summed E-state index contributed by atoms with van der Waals surface area (Å²) in [6.07, 6.45) is 5.07. The van der Waals surface area contributed by atoms with Gasteiger partial charge >= 0.3 is 0 Å². The predicted molar refractivity (Wildman–Crippen MR) is 122 cm³/mol. The van der Waals surface area contributed by atoms with Crippen LogP contribution in [-0.2, 0) is 11.3 Å². The number of nitrogens with zero attached hydrogens (tertiary/aromatic N) is 3. The quantitative estimate of drug-likeness (QED) is 0.602. The number of rotatable bonds is 7. The lowest BCUT2D eigenvalue weighted by atomic mass is 9.96. The molecule has 0 saturated carbocycles. The summed E-state index contributed by atoms with van der Waals surface area (Å²) < 4.78 is 5.25. The summed E-state index contributed by atoms with van der Waals surface area (Å²) in [5, 5.41) is 3.97. The Morgan fingerprint density at radius 2 is 1.87 bits per heavy atom. The maximum absolute atomic E-state index is 12.7. The Morgan fingerprint density at radius 1 is 1.10 bits per heavy atom. The summed E-state index contributed by atoms with van der Waals surface area (Å²) in [4.78, 5) is 25.2. The van der Waals surface area contributed by atoms with Gasteiger partial charge in [-0.05, 0) is 42.7 Å². The zero-order valence-electron chi connectivity index (χ0n) is 17.5. The molecule has 160 valence electrons. The molecule has 1 aromatic heterocycles. The van der Waals surface area contributed by atoms with Crippen LogP contribution in [0, 0.1) is 5.92 Å². The molecule has 1 amide bonds. The van der Waals surface area contributed by atoms with Gasteiger partial charge < -0.3 is 15.0 Å². The Labute approximate surface area is 187 Å². The van der Waals surface area contributed by atoms with Crippen LogP contribution in [0.2, 0.25) is 0 Å². The molecule has 7 heteroatoms. The molecule has 0 radical (unpaired) electrons. The SMILES string of the molecule is COc1cccc(CNC(=O)C2CCN(c3nccnc3Sc3ccccc3)CC2)c1. The van der Waals surface area contributed by atoms with E-state index in [1.807, 2.05) is 42.5 Å². The van der Waals surface area contributed by atoms with Crippen molar-refractivity contribution in [2.75, 3.05) is 25.1 Å². The molecule has 0 unspecified atom stereocenters. The molecule has 4 rings (SSSR count). The average Bonchev–Trinajstić information content (AvgIpc) is 2.84. The first-order chi connectivity index (χ1) is 15.2. The van der Waals surface area contributed by atoms with Crippen molar-refractivity contribution in [1.82, 2.24) is 15.3 Å². The number of carbonyl (C=O) groups excluding carboxylic acids is 1. The van der Waals surface area contributed by atoms with E-state index in [-0.39, 0.29) is 11.8 Å². The fraction of sp³-hybridized carbons (Fsp3) is 0.292. The highest BCUT2D eigenvalue weighted by molar-refractivity contribution is 7.99. The van der Waals surface area contributed by atoms with Crippen molar-refractivity contribution in [1.29, 1.82) is 0 Å². The van der Waals surface area contributed by atoms with Gasteiger partial charge in [0.1, 0.15) is 10.8 Å². The third-order valence-electron chi connectivity index (χ3n) is 5.37. The van der Waals surface area contributed by atoms with Crippen LogP contribution in [0.3, 0.4) is 0 Å². The Hall–Kier alpha value is -3.06. The normalized spacial score (nSPS) is 14.3. The molecule has 0 atom stereocenters. The standard InChI is InChI=1S/C24H26N4O2S/c1-30-20-7-5-6-18(16-20)17-27-23(29)19-10-14-28(15-11-19)22-24(26-13-12-25-22)31-21-8-3-2-4-9-21/h2-9,12-13,16,19H,10-11,14-15,17H2,1H3,(H,27,29). The number of hydrogen-bond acceptors (Lipinski definition) is 6. The van der Waals surface area contributed by atoms with E-state index in [9.17, 15) is 4.79 Å². The summed E-state index contributed by atoms with van der Waals surface area (Å²) >= 11 is 1.62. The molecule has 0 spiro atoms. The van der Waals surface area contributed by atoms with Crippen LogP contribution >= 0.6 is 11.8 Å². The van der Waals surface area contributed by atoms with Crippen LogP contribution in [0.5, 0.6) is 5.75 Å². The van der Waals surface area contributed by atoms with E-state index in [1.54, 1.807) is 31.3 Å². The zero-order chi connectivity index (χ0) is 21.5. The Bertz CT molecular complexity index is 1010. The van der Waals surface area contributed by atoms with Gasteiger partial charge in [0, 0.05) is 42.8 Å². The lowest BCUT2D eigenvalue weighted by Gasteiger charge is -2.32. The van der Waals surface area contributed by atoms with Gasteiger partial charge in [-0.25, -0.2) is 9.97 Å². The Kier molecular flexibility index (Phi) is 7.04. The van der Waals surface area contributed by atoms with Crippen molar-refractivity contribution < 1.29 is 9.53 Å². The molecule has 0 aliphatic carbocycles. The monoisotopic (exact) mass is 434 g/mol. The molecule has 1 fully saturated rings. The van der Waals surface area contributed by atoms with E-state index >= 15 is 0 Å². The topological polar surface area (TPSA) is 67.3 Å². The van der Waals surface area contributed by atoms with Crippen LogP contribution in [0.15, 0.2) is 76.9 Å². The van der Waals surface area contributed by atoms with Gasteiger partial charge in [0.05, 0.1) is 7.11 Å². The molecule has 2 aromatic carbocycles. The van der Waals surface area contributed by atoms with E-state index in [0.717, 1.165) is 53.0 Å². The fourth-order valence-corrected chi connectivity index (χ4v) is 4.58. The van der Waals surface area contributed by atoms with Crippen molar-refractivity contribution >= 4 is 23.5 Å². The third kappa shape index (κ3) is 5.55. The van der Waals surface area contributed by atoms with Crippen LogP contribution in [0.4, 0.5) is 5.82 Å². The van der Waals surface area contributed by atoms with E-state index in [4.69, 9.17) is 4.74 Å². The van der Waals surface area contributed by atoms with Crippen molar-refractivity contribution in [2.24, 2.45) is 5.92 Å². The van der Waals surface area contributed by atoms with Crippen LogP contribution < -0.4 is 15.0 Å². The Balaban J connectivity index is 1.33. The molecule has 1 saturated heterocycles. The van der Waals surface area contributed by atoms with Crippen LogP contribution in [0.25, 0.3) is 0 Å². The predicted octanol–water partition coefficient (Wildman–Crippen LogP) is 4.17. The van der Waals surface area contributed by atoms with E-state index in [1.165, 1.54) is 0 Å². The van der Waals surface area contributed by atoms with Crippen molar-refractivity contribution in [3.05, 3.63) is 72.6 Å². The van der Waals surface area contributed by atoms with Gasteiger partial charge in [-0.2, -0.15) is 0 Å². The number of benzene rings is 2. The molecule has 31 heavy (non-hydrogen) atoms. The molecule has 1 N–H and O–H groups in total. The number of ether oxygens (including phenoxy) is 1. The van der Waals surface area contributed by atoms with Crippen LogP contribution in [0.1, 0.15) is 18.4 Å². The number of anilines is 1. The number of piperidine rings is 1. The number of methoxy groups -OCH3 is 1. The van der Waals surface area contributed by atoms with Gasteiger partial charge in [0.25, 0.3) is 0 Å². The first-order valence-corrected chi connectivity index (χ1v) is 11.2. The summed E-state index contributed by atoms with van der Waals surface area (Å²) in [6.45, 7) is 2.09. The number of hydrogen-bond donors (Lipinski definition) is 1. The minimum Gasteiger partial charge on any atom is -0.497 e. The second-order valence-corrected chi connectivity index (χ2v) is 8.49. The number of amides is 1. The summed E-state index contributed by atoms with van der Waals surface area (Å²) in [5.41, 5.74) is 1.03. The second kappa shape index (κ2) is 10.3. The largest absolute Gasteiger partial charge is 0.497 e. The maximum Gasteiger partial charge on any atom is 0.223 e. The van der Waals surface area contributed by atoms with E-state index in [2.05, 4.69) is 32.3 Å².